The van der Waals surface area contributed by atoms with Gasteiger partial charge < -0.3 is 9.84 Å². The second kappa shape index (κ2) is 8.83. The molecule has 1 aromatic carbocycles. The molecule has 0 bridgehead atoms. The van der Waals surface area contributed by atoms with E-state index >= 15 is 0 Å². The monoisotopic (exact) mass is 335 g/mol. The molecular weight excluding hydrogens is 306 g/mol. The summed E-state index contributed by atoms with van der Waals surface area (Å²) in [6.07, 6.45) is 0.834. The van der Waals surface area contributed by atoms with Crippen molar-refractivity contribution in [3.05, 3.63) is 35.9 Å². The van der Waals surface area contributed by atoms with Gasteiger partial charge in [-0.2, -0.15) is 0 Å². The summed E-state index contributed by atoms with van der Waals surface area (Å²) in [6.45, 7) is 9.31. The molecule has 2 atom stereocenters. The van der Waals surface area contributed by atoms with Crippen LogP contribution in [0.15, 0.2) is 30.3 Å². The number of hydrogen-bond donors (Lipinski definition) is 2. The maximum Gasteiger partial charge on any atom is 0.324 e. The highest BCUT2D eigenvalue weighted by Gasteiger charge is 2.30. The van der Waals surface area contributed by atoms with E-state index < -0.39 is 29.6 Å². The molecule has 0 heterocycles. The van der Waals surface area contributed by atoms with Crippen LogP contribution in [0.5, 0.6) is 0 Å². The van der Waals surface area contributed by atoms with Crippen LogP contribution < -0.4 is 5.32 Å². The first kappa shape index (κ1) is 20.2. The Kier molecular flexibility index (Phi) is 7.42. The molecular formula is C19H29NO4. The van der Waals surface area contributed by atoms with E-state index in [0.717, 1.165) is 5.56 Å². The van der Waals surface area contributed by atoms with Crippen LogP contribution in [0.1, 0.15) is 46.6 Å². The van der Waals surface area contributed by atoms with E-state index in [1.165, 1.54) is 0 Å². The summed E-state index contributed by atoms with van der Waals surface area (Å²) in [5, 5.41) is 12.4. The van der Waals surface area contributed by atoms with Crippen molar-refractivity contribution in [3.63, 3.8) is 0 Å². The number of hydrogen-bond acceptors (Lipinski definition) is 4. The number of carbonyl (C=O) groups excluding carboxylic acids is 1. The molecule has 0 aromatic heterocycles. The van der Waals surface area contributed by atoms with E-state index in [1.807, 2.05) is 44.2 Å². The molecule has 0 spiro atoms. The SMILES string of the molecule is CC(C)C[C@H](NC(Cc1ccccc1)C(=O)OC(C)(C)C)C(=O)O. The molecule has 0 saturated heterocycles. The maximum atomic E-state index is 12.5. The van der Waals surface area contributed by atoms with Gasteiger partial charge in [0.1, 0.15) is 17.7 Å². The summed E-state index contributed by atoms with van der Waals surface area (Å²) < 4.78 is 5.46. The molecule has 2 N–H and O–H groups in total. The van der Waals surface area contributed by atoms with Gasteiger partial charge in [0.25, 0.3) is 0 Å². The van der Waals surface area contributed by atoms with E-state index in [9.17, 15) is 14.7 Å². The highest BCUT2D eigenvalue weighted by molar-refractivity contribution is 5.79. The van der Waals surface area contributed by atoms with Crippen molar-refractivity contribution in [2.24, 2.45) is 5.92 Å². The van der Waals surface area contributed by atoms with Gasteiger partial charge >= 0.3 is 11.9 Å². The molecule has 1 rings (SSSR count). The van der Waals surface area contributed by atoms with E-state index in [2.05, 4.69) is 5.32 Å². The van der Waals surface area contributed by atoms with Crippen molar-refractivity contribution in [2.45, 2.75) is 65.1 Å². The number of rotatable bonds is 8. The third-order valence-electron chi connectivity index (χ3n) is 3.38. The smallest absolute Gasteiger partial charge is 0.324 e. The maximum absolute atomic E-state index is 12.5. The molecule has 1 unspecified atom stereocenters. The van der Waals surface area contributed by atoms with Crippen molar-refractivity contribution in [1.82, 2.24) is 5.32 Å². The Morgan fingerprint density at radius 2 is 1.71 bits per heavy atom. The minimum absolute atomic E-state index is 0.203. The molecule has 0 radical (unpaired) electrons. The number of carbonyl (C=O) groups is 2. The first-order valence-electron chi connectivity index (χ1n) is 8.34. The highest BCUT2D eigenvalue weighted by atomic mass is 16.6. The van der Waals surface area contributed by atoms with Gasteiger partial charge in [-0.25, -0.2) is 0 Å². The molecule has 0 saturated carbocycles. The third-order valence-corrected chi connectivity index (χ3v) is 3.38. The molecule has 1 aromatic rings. The lowest BCUT2D eigenvalue weighted by atomic mass is 10.0. The largest absolute Gasteiger partial charge is 0.480 e. The van der Waals surface area contributed by atoms with Gasteiger partial charge in [-0.05, 0) is 45.1 Å². The molecule has 24 heavy (non-hydrogen) atoms. The van der Waals surface area contributed by atoms with Crippen LogP contribution in [0, 0.1) is 5.92 Å². The number of ether oxygens (including phenoxy) is 1. The van der Waals surface area contributed by atoms with Crippen LogP contribution in [0.2, 0.25) is 0 Å². The Morgan fingerprint density at radius 1 is 1.12 bits per heavy atom. The standard InChI is InChI=1S/C19H29NO4/c1-13(2)11-15(17(21)22)20-16(18(23)24-19(3,4)5)12-14-9-7-6-8-10-14/h6-10,13,15-16,20H,11-12H2,1-5H3,(H,21,22)/t15-,16?/m0/s1. The van der Waals surface area contributed by atoms with Gasteiger partial charge in [0.2, 0.25) is 0 Å². The second-order valence-electron chi connectivity index (χ2n) is 7.46. The summed E-state index contributed by atoms with van der Waals surface area (Å²) in [5.74, 6) is -1.18. The van der Waals surface area contributed by atoms with Crippen molar-refractivity contribution >= 4 is 11.9 Å². The fourth-order valence-corrected chi connectivity index (χ4v) is 2.39. The van der Waals surface area contributed by atoms with Gasteiger partial charge in [0.15, 0.2) is 0 Å². The summed E-state index contributed by atoms with van der Waals surface area (Å²) in [7, 11) is 0. The Bertz CT molecular complexity index is 534. The molecule has 5 nitrogen and oxygen atoms in total. The predicted octanol–water partition coefficient (Wildman–Crippen LogP) is 3.03. The van der Waals surface area contributed by atoms with Crippen LogP contribution in [-0.4, -0.2) is 34.7 Å². The van der Waals surface area contributed by atoms with E-state index in [1.54, 1.807) is 20.8 Å². The minimum atomic E-state index is -0.953. The summed E-state index contributed by atoms with van der Waals surface area (Å²) in [5.41, 5.74) is 0.333. The van der Waals surface area contributed by atoms with Crippen LogP contribution >= 0.6 is 0 Å². The lowest BCUT2D eigenvalue weighted by molar-refractivity contribution is -0.158. The Hall–Kier alpha value is -1.88. The number of aliphatic carboxylic acids is 1. The molecule has 0 aliphatic carbocycles. The fraction of sp³-hybridized carbons (Fsp3) is 0.579. The zero-order valence-electron chi connectivity index (χ0n) is 15.2. The minimum Gasteiger partial charge on any atom is -0.480 e. The third kappa shape index (κ3) is 7.59. The van der Waals surface area contributed by atoms with Crippen LogP contribution in [0.4, 0.5) is 0 Å². The van der Waals surface area contributed by atoms with Crippen LogP contribution in [-0.2, 0) is 20.7 Å². The molecule has 0 aliphatic rings. The number of esters is 1. The van der Waals surface area contributed by atoms with Crippen molar-refractivity contribution in [3.8, 4) is 0 Å². The summed E-state index contributed by atoms with van der Waals surface area (Å²) >= 11 is 0. The quantitative estimate of drug-likeness (QED) is 0.714. The molecule has 0 amide bonds. The second-order valence-corrected chi connectivity index (χ2v) is 7.46. The first-order valence-corrected chi connectivity index (χ1v) is 8.34. The zero-order valence-corrected chi connectivity index (χ0v) is 15.2. The van der Waals surface area contributed by atoms with Gasteiger partial charge in [0, 0.05) is 0 Å². The lowest BCUT2D eigenvalue weighted by Crippen LogP contribution is -2.50. The lowest BCUT2D eigenvalue weighted by Gasteiger charge is -2.27. The first-order chi connectivity index (χ1) is 11.1. The number of nitrogens with one attached hydrogen (secondary N) is 1. The molecule has 0 aliphatic heterocycles. The van der Waals surface area contributed by atoms with E-state index in [4.69, 9.17) is 4.74 Å². The molecule has 0 fully saturated rings. The zero-order chi connectivity index (χ0) is 18.3. The van der Waals surface area contributed by atoms with Crippen molar-refractivity contribution < 1.29 is 19.4 Å². The van der Waals surface area contributed by atoms with Gasteiger partial charge in [-0.1, -0.05) is 44.2 Å². The topological polar surface area (TPSA) is 75.6 Å². The average molecular weight is 335 g/mol. The molecule has 134 valence electrons. The van der Waals surface area contributed by atoms with Gasteiger partial charge in [0.05, 0.1) is 0 Å². The number of benzene rings is 1. The van der Waals surface area contributed by atoms with Gasteiger partial charge in [-0.15, -0.1) is 0 Å². The Morgan fingerprint density at radius 3 is 2.17 bits per heavy atom. The number of carboxylic acids is 1. The average Bonchev–Trinajstić information content (AvgIpc) is 2.44. The fourth-order valence-electron chi connectivity index (χ4n) is 2.39. The van der Waals surface area contributed by atoms with E-state index in [-0.39, 0.29) is 5.92 Å². The highest BCUT2D eigenvalue weighted by Crippen LogP contribution is 2.14. The predicted molar refractivity (Wildman–Crippen MR) is 93.8 cm³/mol. The van der Waals surface area contributed by atoms with Crippen LogP contribution in [0.25, 0.3) is 0 Å². The molecule has 5 heteroatoms. The Labute approximate surface area is 144 Å². The normalized spacial score (nSPS) is 14.2. The van der Waals surface area contributed by atoms with Crippen molar-refractivity contribution in [2.75, 3.05) is 0 Å². The van der Waals surface area contributed by atoms with Crippen LogP contribution in [0.3, 0.4) is 0 Å². The van der Waals surface area contributed by atoms with Crippen molar-refractivity contribution in [1.29, 1.82) is 0 Å². The summed E-state index contributed by atoms with van der Waals surface area (Å²) in [6, 6.07) is 8.03. The number of carboxylic acid groups (broad SMARTS) is 1. The Balaban J connectivity index is 2.94. The summed E-state index contributed by atoms with van der Waals surface area (Å²) in [4.78, 5) is 24.0. The van der Waals surface area contributed by atoms with Gasteiger partial charge in [-0.3, -0.25) is 14.9 Å². The van der Waals surface area contributed by atoms with E-state index in [0.29, 0.717) is 12.8 Å².